The molecule has 0 bridgehead atoms. The molecule has 1 saturated carbocycles. The van der Waals surface area contributed by atoms with Crippen molar-refractivity contribution in [1.29, 1.82) is 0 Å². The van der Waals surface area contributed by atoms with Gasteiger partial charge in [-0.05, 0) is 44.0 Å². The van der Waals surface area contributed by atoms with Crippen molar-refractivity contribution < 1.29 is 4.74 Å². The van der Waals surface area contributed by atoms with Crippen molar-refractivity contribution in [1.82, 2.24) is 10.2 Å². The highest BCUT2D eigenvalue weighted by atomic mass is 35.5. The normalized spacial score (nSPS) is 25.7. The maximum Gasteiger partial charge on any atom is 0.0547 e. The van der Waals surface area contributed by atoms with Crippen LogP contribution >= 0.6 is 11.6 Å². The Balaban J connectivity index is 1.55. The summed E-state index contributed by atoms with van der Waals surface area (Å²) in [6, 6.07) is 8.92. The van der Waals surface area contributed by atoms with Gasteiger partial charge in [0.1, 0.15) is 0 Å². The van der Waals surface area contributed by atoms with Crippen LogP contribution in [-0.4, -0.2) is 44.3 Å². The monoisotopic (exact) mass is 308 g/mol. The number of benzene rings is 1. The predicted molar refractivity (Wildman–Crippen MR) is 86.7 cm³/mol. The Morgan fingerprint density at radius 3 is 2.71 bits per heavy atom. The number of nitrogens with one attached hydrogen (secondary N) is 1. The van der Waals surface area contributed by atoms with E-state index in [1.165, 1.54) is 18.4 Å². The summed E-state index contributed by atoms with van der Waals surface area (Å²) in [7, 11) is 2.20. The van der Waals surface area contributed by atoms with Gasteiger partial charge in [-0.25, -0.2) is 0 Å². The summed E-state index contributed by atoms with van der Waals surface area (Å²) < 4.78 is 5.70. The first-order valence-electron chi connectivity index (χ1n) is 7.89. The number of halogens is 1. The molecule has 1 saturated heterocycles. The fourth-order valence-corrected chi connectivity index (χ4v) is 3.27. The molecule has 1 heterocycles. The zero-order chi connectivity index (χ0) is 14.7. The van der Waals surface area contributed by atoms with Crippen LogP contribution in [0.4, 0.5) is 0 Å². The molecule has 2 aliphatic rings. The molecule has 1 aliphatic carbocycles. The van der Waals surface area contributed by atoms with Crippen molar-refractivity contribution in [2.75, 3.05) is 33.4 Å². The maximum atomic E-state index is 5.95. The first kappa shape index (κ1) is 15.3. The molecular formula is C17H25ClN2O. The molecule has 1 aromatic rings. The lowest BCUT2D eigenvalue weighted by Gasteiger charge is -2.32. The second-order valence-electron chi connectivity index (χ2n) is 6.76. The minimum atomic E-state index is 0.282. The number of nitrogens with zero attached hydrogens (tertiary/aromatic N) is 1. The van der Waals surface area contributed by atoms with Crippen LogP contribution in [0.25, 0.3) is 0 Å². The average Bonchev–Trinajstić information content (AvgIpc) is 3.19. The summed E-state index contributed by atoms with van der Waals surface area (Å²) in [6.45, 7) is 4.92. The van der Waals surface area contributed by atoms with Gasteiger partial charge in [-0.1, -0.05) is 23.7 Å². The van der Waals surface area contributed by atoms with E-state index in [0.717, 1.165) is 50.3 Å². The molecule has 0 amide bonds. The van der Waals surface area contributed by atoms with Gasteiger partial charge >= 0.3 is 0 Å². The summed E-state index contributed by atoms with van der Waals surface area (Å²) >= 11 is 5.95. The van der Waals surface area contributed by atoms with Crippen LogP contribution in [0.2, 0.25) is 5.02 Å². The Labute approximate surface area is 132 Å². The highest BCUT2D eigenvalue weighted by Gasteiger charge is 2.37. The van der Waals surface area contributed by atoms with E-state index in [9.17, 15) is 0 Å². The van der Waals surface area contributed by atoms with Gasteiger partial charge in [0.25, 0.3) is 0 Å². The van der Waals surface area contributed by atoms with Crippen LogP contribution in [0.3, 0.4) is 0 Å². The fourth-order valence-electron chi connectivity index (χ4n) is 3.15. The maximum absolute atomic E-state index is 5.95. The number of hydrogen-bond acceptors (Lipinski definition) is 3. The van der Waals surface area contributed by atoms with Gasteiger partial charge in [-0.15, -0.1) is 0 Å². The minimum absolute atomic E-state index is 0.282. The lowest BCUT2D eigenvalue weighted by molar-refractivity contribution is 0.116. The van der Waals surface area contributed by atoms with Crippen LogP contribution < -0.4 is 5.32 Å². The van der Waals surface area contributed by atoms with E-state index >= 15 is 0 Å². The van der Waals surface area contributed by atoms with Gasteiger partial charge in [0.2, 0.25) is 0 Å². The van der Waals surface area contributed by atoms with Gasteiger partial charge < -0.3 is 15.0 Å². The average molecular weight is 309 g/mol. The predicted octanol–water partition coefficient (Wildman–Crippen LogP) is 2.93. The molecular weight excluding hydrogens is 284 g/mol. The summed E-state index contributed by atoms with van der Waals surface area (Å²) in [5.41, 5.74) is 1.59. The van der Waals surface area contributed by atoms with Crippen molar-refractivity contribution in [2.24, 2.45) is 5.41 Å². The van der Waals surface area contributed by atoms with Crippen LogP contribution in [0.5, 0.6) is 0 Å². The number of hydrogen-bond donors (Lipinski definition) is 1. The van der Waals surface area contributed by atoms with Crippen LogP contribution in [0.1, 0.15) is 24.8 Å². The highest BCUT2D eigenvalue weighted by molar-refractivity contribution is 6.30. The molecule has 21 heavy (non-hydrogen) atoms. The highest BCUT2D eigenvalue weighted by Crippen LogP contribution is 2.31. The summed E-state index contributed by atoms with van der Waals surface area (Å²) in [5, 5.41) is 4.49. The fraction of sp³-hybridized carbons (Fsp3) is 0.647. The van der Waals surface area contributed by atoms with Crippen molar-refractivity contribution in [3.63, 3.8) is 0 Å². The van der Waals surface area contributed by atoms with Crippen LogP contribution in [0.15, 0.2) is 24.3 Å². The van der Waals surface area contributed by atoms with E-state index < -0.39 is 0 Å². The van der Waals surface area contributed by atoms with Crippen molar-refractivity contribution >= 4 is 11.6 Å². The third-order valence-electron chi connectivity index (χ3n) is 4.50. The zero-order valence-corrected chi connectivity index (χ0v) is 13.5. The third kappa shape index (κ3) is 4.43. The molecule has 116 valence electrons. The Kier molecular flexibility index (Phi) is 4.85. The Morgan fingerprint density at radius 1 is 1.33 bits per heavy atom. The van der Waals surface area contributed by atoms with E-state index in [4.69, 9.17) is 16.3 Å². The van der Waals surface area contributed by atoms with Gasteiger partial charge in [0.05, 0.1) is 6.61 Å². The first-order valence-corrected chi connectivity index (χ1v) is 8.27. The lowest BCUT2D eigenvalue weighted by Crippen LogP contribution is -2.44. The number of ether oxygens (including phenoxy) is 1. The van der Waals surface area contributed by atoms with E-state index in [1.54, 1.807) is 0 Å². The second kappa shape index (κ2) is 6.66. The SMILES string of the molecule is CN(Cc1ccc(Cl)cc1)CC1(CNC2CC2)CCOC1. The largest absolute Gasteiger partial charge is 0.381 e. The number of rotatable bonds is 7. The molecule has 4 heteroatoms. The molecule has 2 fully saturated rings. The Bertz CT molecular complexity index is 452. The van der Waals surface area contributed by atoms with Crippen LogP contribution in [0, 0.1) is 5.41 Å². The van der Waals surface area contributed by atoms with Gasteiger partial charge in [0.15, 0.2) is 0 Å². The van der Waals surface area contributed by atoms with E-state index in [0.29, 0.717) is 0 Å². The van der Waals surface area contributed by atoms with Gasteiger partial charge in [0, 0.05) is 42.7 Å². The van der Waals surface area contributed by atoms with E-state index in [-0.39, 0.29) is 5.41 Å². The molecule has 0 aromatic heterocycles. The van der Waals surface area contributed by atoms with E-state index in [2.05, 4.69) is 29.4 Å². The molecule has 0 radical (unpaired) electrons. The third-order valence-corrected chi connectivity index (χ3v) is 4.75. The van der Waals surface area contributed by atoms with Gasteiger partial charge in [-0.2, -0.15) is 0 Å². The molecule has 1 aromatic carbocycles. The summed E-state index contributed by atoms with van der Waals surface area (Å²) in [6.07, 6.45) is 3.85. The molecule has 0 spiro atoms. The standard InChI is InChI=1S/C17H25ClN2O/c1-20(10-14-2-4-15(18)5-3-14)12-17(8-9-21-13-17)11-19-16-6-7-16/h2-5,16,19H,6-13H2,1H3. The molecule has 3 rings (SSSR count). The topological polar surface area (TPSA) is 24.5 Å². The Hall–Kier alpha value is -0.610. The quantitative estimate of drug-likeness (QED) is 0.838. The van der Waals surface area contributed by atoms with E-state index in [1.807, 2.05) is 12.1 Å². The van der Waals surface area contributed by atoms with Crippen molar-refractivity contribution in [2.45, 2.75) is 31.8 Å². The summed E-state index contributed by atoms with van der Waals surface area (Å²) in [4.78, 5) is 2.41. The molecule has 1 unspecified atom stereocenters. The summed E-state index contributed by atoms with van der Waals surface area (Å²) in [5.74, 6) is 0. The lowest BCUT2D eigenvalue weighted by atomic mass is 9.86. The first-order chi connectivity index (χ1) is 10.2. The molecule has 1 N–H and O–H groups in total. The molecule has 3 nitrogen and oxygen atoms in total. The van der Waals surface area contributed by atoms with Gasteiger partial charge in [-0.3, -0.25) is 0 Å². The van der Waals surface area contributed by atoms with Crippen LogP contribution in [-0.2, 0) is 11.3 Å². The second-order valence-corrected chi connectivity index (χ2v) is 7.19. The smallest absolute Gasteiger partial charge is 0.0547 e. The zero-order valence-electron chi connectivity index (χ0n) is 12.8. The van der Waals surface area contributed by atoms with Crippen molar-refractivity contribution in [3.8, 4) is 0 Å². The molecule has 1 aliphatic heterocycles. The van der Waals surface area contributed by atoms with Crippen molar-refractivity contribution in [3.05, 3.63) is 34.9 Å². The minimum Gasteiger partial charge on any atom is -0.381 e. The Morgan fingerprint density at radius 2 is 2.10 bits per heavy atom. The molecule has 1 atom stereocenters.